The Bertz CT molecular complexity index is 662. The molecule has 0 aliphatic carbocycles. The first-order valence-corrected chi connectivity index (χ1v) is 6.06. The standard InChI is InChI=1S/C14H10F3NO3/c15-14(16,17)13(19)7-12(18-21-13)10-3-1-9(2-4-10)11-5-6-20-8-11/h1-6,8,19H,7H2. The second kappa shape index (κ2) is 4.63. The highest BCUT2D eigenvalue weighted by atomic mass is 19.4. The van der Waals surface area contributed by atoms with Crippen molar-refractivity contribution >= 4 is 5.71 Å². The fourth-order valence-electron chi connectivity index (χ4n) is 2.01. The molecule has 2 heterocycles. The number of benzene rings is 1. The van der Waals surface area contributed by atoms with Crippen LogP contribution in [-0.2, 0) is 4.84 Å². The van der Waals surface area contributed by atoms with Gasteiger partial charge in [-0.05, 0) is 17.2 Å². The molecular weight excluding hydrogens is 287 g/mol. The van der Waals surface area contributed by atoms with E-state index in [1.165, 1.54) is 6.26 Å². The van der Waals surface area contributed by atoms with E-state index in [-0.39, 0.29) is 5.71 Å². The molecule has 1 unspecified atom stereocenters. The summed E-state index contributed by atoms with van der Waals surface area (Å²) in [5.41, 5.74) is 2.23. The van der Waals surface area contributed by atoms with E-state index < -0.39 is 18.4 Å². The van der Waals surface area contributed by atoms with E-state index in [4.69, 9.17) is 4.42 Å². The molecule has 21 heavy (non-hydrogen) atoms. The fourth-order valence-corrected chi connectivity index (χ4v) is 2.01. The van der Waals surface area contributed by atoms with Crippen LogP contribution in [0.15, 0.2) is 52.4 Å². The fraction of sp³-hybridized carbons (Fsp3) is 0.214. The zero-order chi connectivity index (χ0) is 15.1. The Labute approximate surface area is 117 Å². The van der Waals surface area contributed by atoms with E-state index in [9.17, 15) is 18.3 Å². The summed E-state index contributed by atoms with van der Waals surface area (Å²) >= 11 is 0. The van der Waals surface area contributed by atoms with Crippen LogP contribution in [0.5, 0.6) is 0 Å². The van der Waals surface area contributed by atoms with Gasteiger partial charge in [-0.1, -0.05) is 29.4 Å². The molecular formula is C14H10F3NO3. The second-order valence-electron chi connectivity index (χ2n) is 4.68. The molecule has 0 bridgehead atoms. The molecule has 1 atom stereocenters. The Morgan fingerprint density at radius 2 is 1.71 bits per heavy atom. The van der Waals surface area contributed by atoms with E-state index in [1.807, 2.05) is 0 Å². The molecule has 0 saturated heterocycles. The summed E-state index contributed by atoms with van der Waals surface area (Å²) in [6, 6.07) is 8.47. The quantitative estimate of drug-likeness (QED) is 0.925. The first kappa shape index (κ1) is 13.7. The van der Waals surface area contributed by atoms with Gasteiger partial charge in [-0.15, -0.1) is 0 Å². The number of aliphatic hydroxyl groups is 1. The summed E-state index contributed by atoms with van der Waals surface area (Å²) in [6.07, 6.45) is -2.54. The van der Waals surface area contributed by atoms with Gasteiger partial charge < -0.3 is 14.4 Å². The average Bonchev–Trinajstić information content (AvgIpc) is 3.08. The average molecular weight is 297 g/mol. The Balaban J connectivity index is 1.80. The van der Waals surface area contributed by atoms with E-state index in [1.54, 1.807) is 36.6 Å². The highest BCUT2D eigenvalue weighted by Gasteiger charge is 2.60. The SMILES string of the molecule is OC1(C(F)(F)F)CC(c2ccc(-c3ccoc3)cc2)=NO1. The smallest absolute Gasteiger partial charge is 0.458 e. The number of alkyl halides is 3. The molecule has 1 aromatic carbocycles. The minimum Gasteiger partial charge on any atom is -0.472 e. The largest absolute Gasteiger partial charge is 0.472 e. The number of hydrogen-bond donors (Lipinski definition) is 1. The van der Waals surface area contributed by atoms with Crippen molar-refractivity contribution in [3.05, 3.63) is 48.4 Å². The van der Waals surface area contributed by atoms with Crippen molar-refractivity contribution in [2.45, 2.75) is 18.4 Å². The first-order chi connectivity index (χ1) is 9.89. The van der Waals surface area contributed by atoms with Gasteiger partial charge in [0.25, 0.3) is 0 Å². The lowest BCUT2D eigenvalue weighted by Gasteiger charge is -2.22. The summed E-state index contributed by atoms with van der Waals surface area (Å²) in [7, 11) is 0. The molecule has 0 amide bonds. The van der Waals surface area contributed by atoms with Crippen molar-refractivity contribution in [1.29, 1.82) is 0 Å². The van der Waals surface area contributed by atoms with E-state index in [2.05, 4.69) is 9.99 Å². The van der Waals surface area contributed by atoms with E-state index >= 15 is 0 Å². The van der Waals surface area contributed by atoms with Crippen molar-refractivity contribution < 1.29 is 27.5 Å². The van der Waals surface area contributed by atoms with Crippen LogP contribution in [0.25, 0.3) is 11.1 Å². The van der Waals surface area contributed by atoms with Gasteiger partial charge in [-0.3, -0.25) is 0 Å². The Morgan fingerprint density at radius 3 is 2.24 bits per heavy atom. The topological polar surface area (TPSA) is 55.0 Å². The number of furan rings is 1. The van der Waals surface area contributed by atoms with Gasteiger partial charge in [0.2, 0.25) is 0 Å². The van der Waals surface area contributed by atoms with Crippen molar-refractivity contribution in [2.24, 2.45) is 5.16 Å². The van der Waals surface area contributed by atoms with Gasteiger partial charge in [0.15, 0.2) is 0 Å². The van der Waals surface area contributed by atoms with Gasteiger partial charge in [0.05, 0.1) is 24.7 Å². The van der Waals surface area contributed by atoms with E-state index in [0.29, 0.717) is 5.56 Å². The van der Waals surface area contributed by atoms with Crippen LogP contribution in [-0.4, -0.2) is 22.8 Å². The maximum Gasteiger partial charge on any atom is 0.458 e. The van der Waals surface area contributed by atoms with Crippen LogP contribution in [0.1, 0.15) is 12.0 Å². The predicted octanol–water partition coefficient (Wildman–Crippen LogP) is 3.32. The lowest BCUT2D eigenvalue weighted by molar-refractivity contribution is -0.355. The van der Waals surface area contributed by atoms with Crippen molar-refractivity contribution in [1.82, 2.24) is 0 Å². The molecule has 110 valence electrons. The zero-order valence-electron chi connectivity index (χ0n) is 10.6. The number of hydrogen-bond acceptors (Lipinski definition) is 4. The first-order valence-electron chi connectivity index (χ1n) is 6.06. The third kappa shape index (κ3) is 2.40. The zero-order valence-corrected chi connectivity index (χ0v) is 10.6. The summed E-state index contributed by atoms with van der Waals surface area (Å²) in [4.78, 5) is 4.18. The molecule has 0 saturated carbocycles. The summed E-state index contributed by atoms with van der Waals surface area (Å²) in [5.74, 6) is -3.24. The van der Waals surface area contributed by atoms with Crippen LogP contribution in [0.2, 0.25) is 0 Å². The Morgan fingerprint density at radius 1 is 1.05 bits per heavy atom. The summed E-state index contributed by atoms with van der Waals surface area (Å²) < 4.78 is 42.8. The molecule has 3 rings (SSSR count). The van der Waals surface area contributed by atoms with Crippen LogP contribution < -0.4 is 0 Å². The molecule has 0 spiro atoms. The van der Waals surface area contributed by atoms with E-state index in [0.717, 1.165) is 11.1 Å². The summed E-state index contributed by atoms with van der Waals surface area (Å²) in [6.45, 7) is 0. The maximum absolute atomic E-state index is 12.6. The van der Waals surface area contributed by atoms with Gasteiger partial charge in [0.1, 0.15) is 0 Å². The number of rotatable bonds is 2. The molecule has 1 aliphatic heterocycles. The summed E-state index contributed by atoms with van der Waals surface area (Å²) in [5, 5.41) is 12.7. The number of halogens is 3. The molecule has 2 aromatic rings. The Kier molecular flexibility index (Phi) is 3.02. The van der Waals surface area contributed by atoms with Crippen molar-refractivity contribution in [2.75, 3.05) is 0 Å². The lowest BCUT2D eigenvalue weighted by atomic mass is 10.00. The lowest BCUT2D eigenvalue weighted by Crippen LogP contribution is -2.45. The van der Waals surface area contributed by atoms with Crippen LogP contribution in [0, 0.1) is 0 Å². The minimum absolute atomic E-state index is 0.0496. The van der Waals surface area contributed by atoms with Gasteiger partial charge >= 0.3 is 12.0 Å². The van der Waals surface area contributed by atoms with Crippen molar-refractivity contribution in [3.63, 3.8) is 0 Å². The van der Waals surface area contributed by atoms with Gasteiger partial charge in [-0.2, -0.15) is 13.2 Å². The third-order valence-corrected chi connectivity index (χ3v) is 3.23. The molecule has 1 N–H and O–H groups in total. The normalized spacial score (nSPS) is 22.0. The predicted molar refractivity (Wildman–Crippen MR) is 67.4 cm³/mol. The highest BCUT2D eigenvalue weighted by molar-refractivity contribution is 6.01. The maximum atomic E-state index is 12.6. The van der Waals surface area contributed by atoms with Gasteiger partial charge in [-0.25, -0.2) is 0 Å². The number of oxime groups is 1. The third-order valence-electron chi connectivity index (χ3n) is 3.23. The monoisotopic (exact) mass is 297 g/mol. The molecule has 4 nitrogen and oxygen atoms in total. The van der Waals surface area contributed by atoms with Crippen LogP contribution >= 0.6 is 0 Å². The molecule has 1 aliphatic rings. The minimum atomic E-state index is -4.89. The second-order valence-corrected chi connectivity index (χ2v) is 4.68. The molecule has 0 radical (unpaired) electrons. The Hall–Kier alpha value is -2.28. The van der Waals surface area contributed by atoms with Gasteiger partial charge in [0, 0.05) is 5.56 Å². The molecule has 7 heteroatoms. The molecule has 0 fully saturated rings. The van der Waals surface area contributed by atoms with Crippen molar-refractivity contribution in [3.8, 4) is 11.1 Å². The van der Waals surface area contributed by atoms with Crippen LogP contribution in [0.4, 0.5) is 13.2 Å². The van der Waals surface area contributed by atoms with Crippen LogP contribution in [0.3, 0.4) is 0 Å². The highest BCUT2D eigenvalue weighted by Crippen LogP contribution is 2.39. The molecule has 1 aromatic heterocycles. The number of nitrogens with zero attached hydrogens (tertiary/aromatic N) is 1.